The fraction of sp³-hybridized carbons (Fsp3) is 0.273. The number of hydrogen-bond donors (Lipinski definition) is 1. The molecular formula is C11H14ClN. The van der Waals surface area contributed by atoms with Gasteiger partial charge in [0.2, 0.25) is 0 Å². The summed E-state index contributed by atoms with van der Waals surface area (Å²) in [5.41, 5.74) is 3.23. The molecule has 0 saturated heterocycles. The molecule has 70 valence electrons. The first-order chi connectivity index (χ1) is 6.09. The average Bonchev–Trinajstić information content (AvgIpc) is 2.02. The van der Waals surface area contributed by atoms with Crippen molar-refractivity contribution >= 4 is 17.3 Å². The standard InChI is InChI=1S/C11H14ClN/c1-8(2)7-13-11-5-4-9(3)6-10(11)12/h4-6,13H,1,7H2,2-3H3. The zero-order valence-electron chi connectivity index (χ0n) is 8.02. The fourth-order valence-electron chi connectivity index (χ4n) is 1.01. The Labute approximate surface area is 84.4 Å². The Bertz CT molecular complexity index is 318. The molecule has 0 aliphatic carbocycles. The number of hydrogen-bond acceptors (Lipinski definition) is 1. The molecule has 0 saturated carbocycles. The van der Waals surface area contributed by atoms with Crippen molar-refractivity contribution in [3.63, 3.8) is 0 Å². The Kier molecular flexibility index (Phi) is 3.38. The molecule has 13 heavy (non-hydrogen) atoms. The topological polar surface area (TPSA) is 12.0 Å². The van der Waals surface area contributed by atoms with Crippen LogP contribution in [0.5, 0.6) is 0 Å². The van der Waals surface area contributed by atoms with Gasteiger partial charge >= 0.3 is 0 Å². The van der Waals surface area contributed by atoms with E-state index in [1.54, 1.807) is 0 Å². The number of benzene rings is 1. The molecule has 0 aliphatic heterocycles. The van der Waals surface area contributed by atoms with Crippen molar-refractivity contribution in [2.45, 2.75) is 13.8 Å². The first kappa shape index (κ1) is 10.1. The maximum absolute atomic E-state index is 6.02. The van der Waals surface area contributed by atoms with Gasteiger partial charge in [-0.05, 0) is 31.5 Å². The van der Waals surface area contributed by atoms with E-state index in [1.165, 1.54) is 5.56 Å². The molecule has 1 aromatic rings. The SMILES string of the molecule is C=C(C)CNc1ccc(C)cc1Cl. The van der Waals surface area contributed by atoms with Crippen molar-refractivity contribution in [1.29, 1.82) is 0 Å². The molecule has 1 nitrogen and oxygen atoms in total. The van der Waals surface area contributed by atoms with Gasteiger partial charge < -0.3 is 5.32 Å². The fourth-order valence-corrected chi connectivity index (χ4v) is 1.31. The zero-order chi connectivity index (χ0) is 9.84. The van der Waals surface area contributed by atoms with Gasteiger partial charge in [-0.15, -0.1) is 0 Å². The summed E-state index contributed by atoms with van der Waals surface area (Å²) in [4.78, 5) is 0. The molecular weight excluding hydrogens is 182 g/mol. The number of rotatable bonds is 3. The lowest BCUT2D eigenvalue weighted by atomic mass is 10.2. The second-order valence-corrected chi connectivity index (χ2v) is 3.70. The summed E-state index contributed by atoms with van der Waals surface area (Å²) in [6, 6.07) is 5.97. The summed E-state index contributed by atoms with van der Waals surface area (Å²) in [6.07, 6.45) is 0. The van der Waals surface area contributed by atoms with Gasteiger partial charge in [0, 0.05) is 6.54 Å². The van der Waals surface area contributed by atoms with Crippen molar-refractivity contribution in [3.8, 4) is 0 Å². The van der Waals surface area contributed by atoms with Crippen molar-refractivity contribution in [2.75, 3.05) is 11.9 Å². The number of halogens is 1. The normalized spacial score (nSPS) is 9.77. The van der Waals surface area contributed by atoms with Crippen LogP contribution in [0.1, 0.15) is 12.5 Å². The van der Waals surface area contributed by atoms with Crippen LogP contribution >= 0.6 is 11.6 Å². The zero-order valence-corrected chi connectivity index (χ0v) is 8.78. The van der Waals surface area contributed by atoms with E-state index >= 15 is 0 Å². The average molecular weight is 196 g/mol. The third-order valence-electron chi connectivity index (χ3n) is 1.71. The first-order valence-corrected chi connectivity index (χ1v) is 4.62. The van der Waals surface area contributed by atoms with Gasteiger partial charge in [-0.3, -0.25) is 0 Å². The van der Waals surface area contributed by atoms with Crippen molar-refractivity contribution in [2.24, 2.45) is 0 Å². The molecule has 0 aromatic heterocycles. The lowest BCUT2D eigenvalue weighted by Crippen LogP contribution is -2.02. The molecule has 1 N–H and O–H groups in total. The molecule has 0 bridgehead atoms. The van der Waals surface area contributed by atoms with E-state index in [-0.39, 0.29) is 0 Å². The van der Waals surface area contributed by atoms with Gasteiger partial charge in [0.1, 0.15) is 0 Å². The van der Waals surface area contributed by atoms with Crippen LogP contribution in [0.25, 0.3) is 0 Å². The van der Waals surface area contributed by atoms with Gasteiger partial charge in [-0.25, -0.2) is 0 Å². The number of anilines is 1. The molecule has 1 aromatic carbocycles. The summed E-state index contributed by atoms with van der Waals surface area (Å²) in [5.74, 6) is 0. The lowest BCUT2D eigenvalue weighted by molar-refractivity contribution is 1.21. The second kappa shape index (κ2) is 4.33. The highest BCUT2D eigenvalue weighted by atomic mass is 35.5. The van der Waals surface area contributed by atoms with Gasteiger partial charge in [-0.2, -0.15) is 0 Å². The van der Waals surface area contributed by atoms with Crippen LogP contribution in [0.4, 0.5) is 5.69 Å². The molecule has 0 radical (unpaired) electrons. The highest BCUT2D eigenvalue weighted by Gasteiger charge is 1.98. The van der Waals surface area contributed by atoms with E-state index in [9.17, 15) is 0 Å². The molecule has 0 fully saturated rings. The van der Waals surface area contributed by atoms with E-state index in [4.69, 9.17) is 11.6 Å². The van der Waals surface area contributed by atoms with Crippen LogP contribution < -0.4 is 5.32 Å². The first-order valence-electron chi connectivity index (χ1n) is 4.24. The summed E-state index contributed by atoms with van der Waals surface area (Å²) < 4.78 is 0. The van der Waals surface area contributed by atoms with Gasteiger partial charge in [0.15, 0.2) is 0 Å². The van der Waals surface area contributed by atoms with Crippen LogP contribution in [0, 0.1) is 6.92 Å². The molecule has 1 rings (SSSR count). The van der Waals surface area contributed by atoms with E-state index in [2.05, 4.69) is 11.9 Å². The van der Waals surface area contributed by atoms with E-state index in [0.717, 1.165) is 22.8 Å². The van der Waals surface area contributed by atoms with Crippen LogP contribution in [-0.2, 0) is 0 Å². The Morgan fingerprint density at radius 3 is 2.77 bits per heavy atom. The predicted octanol–water partition coefficient (Wildman–Crippen LogP) is 3.64. The summed E-state index contributed by atoms with van der Waals surface area (Å²) in [6.45, 7) is 8.58. The largest absolute Gasteiger partial charge is 0.380 e. The Morgan fingerprint density at radius 2 is 2.23 bits per heavy atom. The minimum absolute atomic E-state index is 0.765. The molecule has 0 unspecified atom stereocenters. The van der Waals surface area contributed by atoms with Crippen molar-refractivity contribution < 1.29 is 0 Å². The van der Waals surface area contributed by atoms with Crippen LogP contribution in [0.2, 0.25) is 5.02 Å². The molecule has 2 heteroatoms. The third kappa shape index (κ3) is 3.11. The highest BCUT2D eigenvalue weighted by molar-refractivity contribution is 6.33. The van der Waals surface area contributed by atoms with Gasteiger partial charge in [0.25, 0.3) is 0 Å². The molecule has 0 atom stereocenters. The summed E-state index contributed by atoms with van der Waals surface area (Å²) in [5, 5.41) is 3.97. The lowest BCUT2D eigenvalue weighted by Gasteiger charge is -2.08. The molecule has 0 amide bonds. The number of aryl methyl sites for hydroxylation is 1. The quantitative estimate of drug-likeness (QED) is 0.727. The number of nitrogens with one attached hydrogen (secondary N) is 1. The van der Waals surface area contributed by atoms with E-state index in [0.29, 0.717) is 0 Å². The Morgan fingerprint density at radius 1 is 1.54 bits per heavy atom. The maximum atomic E-state index is 6.02. The second-order valence-electron chi connectivity index (χ2n) is 3.29. The minimum Gasteiger partial charge on any atom is -0.380 e. The molecule has 0 heterocycles. The summed E-state index contributed by atoms with van der Waals surface area (Å²) in [7, 11) is 0. The molecule has 0 spiro atoms. The summed E-state index contributed by atoms with van der Waals surface area (Å²) >= 11 is 6.02. The van der Waals surface area contributed by atoms with Crippen LogP contribution in [0.15, 0.2) is 30.4 Å². The molecule has 0 aliphatic rings. The van der Waals surface area contributed by atoms with Crippen LogP contribution in [-0.4, -0.2) is 6.54 Å². The Hall–Kier alpha value is -0.950. The van der Waals surface area contributed by atoms with E-state index in [1.807, 2.05) is 32.0 Å². The van der Waals surface area contributed by atoms with Crippen molar-refractivity contribution in [1.82, 2.24) is 0 Å². The monoisotopic (exact) mass is 195 g/mol. The Balaban J connectivity index is 2.72. The van der Waals surface area contributed by atoms with Crippen LogP contribution in [0.3, 0.4) is 0 Å². The minimum atomic E-state index is 0.765. The predicted molar refractivity (Wildman–Crippen MR) is 59.5 cm³/mol. The maximum Gasteiger partial charge on any atom is 0.0640 e. The van der Waals surface area contributed by atoms with E-state index < -0.39 is 0 Å². The highest BCUT2D eigenvalue weighted by Crippen LogP contribution is 2.22. The third-order valence-corrected chi connectivity index (χ3v) is 2.02. The smallest absolute Gasteiger partial charge is 0.0640 e. The van der Waals surface area contributed by atoms with Gasteiger partial charge in [-0.1, -0.05) is 29.8 Å². The van der Waals surface area contributed by atoms with Gasteiger partial charge in [0.05, 0.1) is 10.7 Å². The van der Waals surface area contributed by atoms with Crippen molar-refractivity contribution in [3.05, 3.63) is 40.9 Å².